The van der Waals surface area contributed by atoms with E-state index in [9.17, 15) is 0 Å². The molecule has 128 valence electrons. The molecule has 5 rings (SSSR count). The second-order valence-corrected chi connectivity index (χ2v) is 7.94. The minimum atomic E-state index is 0.556. The van der Waals surface area contributed by atoms with Gasteiger partial charge in [0, 0.05) is 31.6 Å². The maximum absolute atomic E-state index is 4.84. The van der Waals surface area contributed by atoms with E-state index in [0.29, 0.717) is 12.0 Å². The standard InChI is InChI=1S/C18H26N6/c1-22(10-13-4-2-5-13)15-11-23(12-15)17-9-8-16-19-20-18(24(16)21-17)14-6-3-7-14/h8-9,13-15H,2-7,10-12H2,1H3. The highest BCUT2D eigenvalue weighted by Crippen LogP contribution is 2.35. The van der Waals surface area contributed by atoms with Crippen LogP contribution in [0.3, 0.4) is 0 Å². The highest BCUT2D eigenvalue weighted by molar-refractivity contribution is 5.48. The van der Waals surface area contributed by atoms with Crippen molar-refractivity contribution in [3.05, 3.63) is 18.0 Å². The summed E-state index contributed by atoms with van der Waals surface area (Å²) in [5.41, 5.74) is 0.875. The number of rotatable bonds is 5. The van der Waals surface area contributed by atoms with Gasteiger partial charge in [0.1, 0.15) is 5.82 Å². The van der Waals surface area contributed by atoms with E-state index >= 15 is 0 Å². The Labute approximate surface area is 142 Å². The molecule has 6 nitrogen and oxygen atoms in total. The Balaban J connectivity index is 1.27. The highest BCUT2D eigenvalue weighted by Gasteiger charge is 2.33. The van der Waals surface area contributed by atoms with Crippen molar-refractivity contribution in [1.82, 2.24) is 24.7 Å². The van der Waals surface area contributed by atoms with Crippen molar-refractivity contribution in [2.45, 2.75) is 50.5 Å². The lowest BCUT2D eigenvalue weighted by molar-refractivity contribution is 0.142. The molecular weight excluding hydrogens is 300 g/mol. The normalized spacial score (nSPS) is 22.7. The van der Waals surface area contributed by atoms with E-state index in [1.165, 1.54) is 45.1 Å². The Morgan fingerprint density at radius 2 is 1.88 bits per heavy atom. The van der Waals surface area contributed by atoms with Crippen LogP contribution >= 0.6 is 0 Å². The third kappa shape index (κ3) is 2.39. The average Bonchev–Trinajstić information content (AvgIpc) is 2.83. The number of fused-ring (bicyclic) bond motifs is 1. The quantitative estimate of drug-likeness (QED) is 0.844. The predicted octanol–water partition coefficient (Wildman–Crippen LogP) is 2.31. The van der Waals surface area contributed by atoms with Crippen LogP contribution in [0.15, 0.2) is 12.1 Å². The van der Waals surface area contributed by atoms with Crippen LogP contribution in [0.2, 0.25) is 0 Å². The lowest BCUT2D eigenvalue weighted by Crippen LogP contribution is -2.59. The number of nitrogens with zero attached hydrogens (tertiary/aromatic N) is 6. The number of likely N-dealkylation sites (N-methyl/N-ethyl adjacent to an activating group) is 1. The Hall–Kier alpha value is -1.69. The predicted molar refractivity (Wildman–Crippen MR) is 93.3 cm³/mol. The maximum atomic E-state index is 4.84. The summed E-state index contributed by atoms with van der Waals surface area (Å²) in [6.07, 6.45) is 8.05. The third-order valence-electron chi connectivity index (χ3n) is 6.32. The van der Waals surface area contributed by atoms with E-state index in [0.717, 1.165) is 36.3 Å². The number of anilines is 1. The summed E-state index contributed by atoms with van der Waals surface area (Å²) < 4.78 is 1.98. The molecule has 0 spiro atoms. The van der Waals surface area contributed by atoms with Gasteiger partial charge in [0.25, 0.3) is 0 Å². The molecule has 3 heterocycles. The van der Waals surface area contributed by atoms with Crippen molar-refractivity contribution in [2.75, 3.05) is 31.6 Å². The number of aromatic nitrogens is 4. The van der Waals surface area contributed by atoms with E-state index in [4.69, 9.17) is 5.10 Å². The van der Waals surface area contributed by atoms with Crippen LogP contribution in [-0.4, -0.2) is 57.4 Å². The summed E-state index contributed by atoms with van der Waals surface area (Å²) in [4.78, 5) is 4.93. The molecule has 0 N–H and O–H groups in total. The van der Waals surface area contributed by atoms with E-state index in [-0.39, 0.29) is 0 Å². The molecular formula is C18H26N6. The Morgan fingerprint density at radius 3 is 2.54 bits per heavy atom. The minimum Gasteiger partial charge on any atom is -0.352 e. The van der Waals surface area contributed by atoms with Gasteiger partial charge in [-0.1, -0.05) is 12.8 Å². The molecule has 0 atom stereocenters. The lowest BCUT2D eigenvalue weighted by atomic mass is 9.84. The fourth-order valence-electron chi connectivity index (χ4n) is 4.04. The van der Waals surface area contributed by atoms with Crippen molar-refractivity contribution in [3.63, 3.8) is 0 Å². The van der Waals surface area contributed by atoms with Crippen LogP contribution in [0, 0.1) is 5.92 Å². The molecule has 2 aliphatic carbocycles. The first-order valence-corrected chi connectivity index (χ1v) is 9.45. The van der Waals surface area contributed by atoms with Gasteiger partial charge in [0.2, 0.25) is 0 Å². The number of hydrogen-bond acceptors (Lipinski definition) is 5. The molecule has 2 saturated carbocycles. The van der Waals surface area contributed by atoms with E-state index < -0.39 is 0 Å². The first kappa shape index (κ1) is 14.6. The Morgan fingerprint density at radius 1 is 1.08 bits per heavy atom. The zero-order valence-electron chi connectivity index (χ0n) is 14.4. The van der Waals surface area contributed by atoms with Crippen molar-refractivity contribution in [1.29, 1.82) is 0 Å². The highest BCUT2D eigenvalue weighted by atomic mass is 15.4. The van der Waals surface area contributed by atoms with Gasteiger partial charge in [-0.05, 0) is 50.8 Å². The summed E-state index contributed by atoms with van der Waals surface area (Å²) in [5.74, 6) is 3.62. The Bertz CT molecular complexity index is 726. The van der Waals surface area contributed by atoms with Gasteiger partial charge in [-0.3, -0.25) is 4.90 Å². The van der Waals surface area contributed by atoms with Crippen LogP contribution in [0.4, 0.5) is 5.82 Å². The van der Waals surface area contributed by atoms with Crippen LogP contribution in [0.1, 0.15) is 50.3 Å². The number of hydrogen-bond donors (Lipinski definition) is 0. The largest absolute Gasteiger partial charge is 0.352 e. The van der Waals surface area contributed by atoms with Crippen LogP contribution in [0.5, 0.6) is 0 Å². The molecule has 2 aromatic rings. The van der Waals surface area contributed by atoms with Crippen LogP contribution in [0.25, 0.3) is 5.65 Å². The van der Waals surface area contributed by atoms with Crippen molar-refractivity contribution in [3.8, 4) is 0 Å². The summed E-state index contributed by atoms with van der Waals surface area (Å²) in [6, 6.07) is 4.83. The summed E-state index contributed by atoms with van der Waals surface area (Å²) in [7, 11) is 2.28. The molecule has 0 bridgehead atoms. The molecule has 6 heteroatoms. The van der Waals surface area contributed by atoms with E-state index in [2.05, 4.69) is 39.2 Å². The van der Waals surface area contributed by atoms with Crippen molar-refractivity contribution in [2.24, 2.45) is 5.92 Å². The van der Waals surface area contributed by atoms with Crippen molar-refractivity contribution >= 4 is 11.5 Å². The fraction of sp³-hybridized carbons (Fsp3) is 0.722. The molecule has 1 aliphatic heterocycles. The molecule has 1 saturated heterocycles. The Kier molecular flexibility index (Phi) is 3.47. The second kappa shape index (κ2) is 5.69. The molecule has 0 unspecified atom stereocenters. The molecule has 0 amide bonds. The molecule has 0 aromatic carbocycles. The molecule has 3 aliphatic rings. The molecule has 2 aromatic heterocycles. The zero-order valence-corrected chi connectivity index (χ0v) is 14.4. The van der Waals surface area contributed by atoms with Gasteiger partial charge >= 0.3 is 0 Å². The van der Waals surface area contributed by atoms with Gasteiger partial charge in [-0.15, -0.1) is 15.3 Å². The monoisotopic (exact) mass is 326 g/mol. The molecule has 24 heavy (non-hydrogen) atoms. The summed E-state index contributed by atoms with van der Waals surface area (Å²) >= 11 is 0. The van der Waals surface area contributed by atoms with Gasteiger partial charge in [-0.2, -0.15) is 4.52 Å². The van der Waals surface area contributed by atoms with Crippen molar-refractivity contribution < 1.29 is 0 Å². The van der Waals surface area contributed by atoms with Crippen LogP contribution in [-0.2, 0) is 0 Å². The first-order valence-electron chi connectivity index (χ1n) is 9.45. The minimum absolute atomic E-state index is 0.556. The van der Waals surface area contributed by atoms with Gasteiger partial charge in [0.05, 0.1) is 0 Å². The smallest absolute Gasteiger partial charge is 0.178 e. The van der Waals surface area contributed by atoms with Gasteiger partial charge in [-0.25, -0.2) is 0 Å². The lowest BCUT2D eigenvalue weighted by Gasteiger charge is -2.46. The maximum Gasteiger partial charge on any atom is 0.178 e. The van der Waals surface area contributed by atoms with E-state index in [1.807, 2.05) is 4.52 Å². The SMILES string of the molecule is CN(CC1CCC1)C1CN(c2ccc3nnc(C4CCC4)n3n2)C1. The fourth-order valence-corrected chi connectivity index (χ4v) is 4.04. The zero-order chi connectivity index (χ0) is 16.1. The van der Waals surface area contributed by atoms with Crippen LogP contribution < -0.4 is 4.90 Å². The summed E-state index contributed by atoms with van der Waals surface area (Å²) in [6.45, 7) is 3.44. The molecule has 3 fully saturated rings. The third-order valence-corrected chi connectivity index (χ3v) is 6.32. The van der Waals surface area contributed by atoms with E-state index in [1.54, 1.807) is 0 Å². The summed E-state index contributed by atoms with van der Waals surface area (Å²) in [5, 5.41) is 13.5. The van der Waals surface area contributed by atoms with Gasteiger partial charge in [0.15, 0.2) is 11.5 Å². The molecule has 0 radical (unpaired) electrons. The van der Waals surface area contributed by atoms with Gasteiger partial charge < -0.3 is 4.90 Å². The topological polar surface area (TPSA) is 49.6 Å². The second-order valence-electron chi connectivity index (χ2n) is 7.94. The first-order chi connectivity index (χ1) is 11.8. The average molecular weight is 326 g/mol.